The van der Waals surface area contributed by atoms with Gasteiger partial charge in [-0.3, -0.25) is 9.53 Å². The SMILES string of the molecule is C[C@H]1[C@@H](OC(F)(F)F)CN1C(=O)[C@H](N)CO.Cl. The number of nitrogens with zero attached hydrogens (tertiary/aromatic N) is 1. The summed E-state index contributed by atoms with van der Waals surface area (Å²) in [5.74, 6) is -0.572. The van der Waals surface area contributed by atoms with Crippen LogP contribution in [-0.4, -0.2) is 53.6 Å². The van der Waals surface area contributed by atoms with Crippen LogP contribution in [0, 0.1) is 0 Å². The molecule has 0 aromatic heterocycles. The lowest BCUT2D eigenvalue weighted by Gasteiger charge is -2.46. The molecule has 1 heterocycles. The van der Waals surface area contributed by atoms with Crippen molar-refractivity contribution < 1.29 is 27.8 Å². The number of carbonyl (C=O) groups excluding carboxylic acids is 1. The minimum absolute atomic E-state index is 0. The number of aliphatic hydroxyl groups is 1. The van der Waals surface area contributed by atoms with Crippen molar-refractivity contribution in [3.05, 3.63) is 0 Å². The fourth-order valence-corrected chi connectivity index (χ4v) is 1.46. The molecule has 1 amide bonds. The van der Waals surface area contributed by atoms with E-state index in [0.717, 1.165) is 4.90 Å². The highest BCUT2D eigenvalue weighted by Gasteiger charge is 2.46. The molecule has 5 nitrogen and oxygen atoms in total. The first kappa shape index (κ1) is 16.4. The van der Waals surface area contributed by atoms with Crippen LogP contribution < -0.4 is 5.73 Å². The molecule has 1 aliphatic rings. The van der Waals surface area contributed by atoms with Gasteiger partial charge in [-0.2, -0.15) is 0 Å². The third kappa shape index (κ3) is 3.98. The smallest absolute Gasteiger partial charge is 0.394 e. The molecule has 1 fully saturated rings. The topological polar surface area (TPSA) is 75.8 Å². The molecule has 0 radical (unpaired) electrons. The van der Waals surface area contributed by atoms with Crippen molar-refractivity contribution in [3.8, 4) is 0 Å². The van der Waals surface area contributed by atoms with Crippen LogP contribution in [0.25, 0.3) is 0 Å². The Morgan fingerprint density at radius 3 is 2.53 bits per heavy atom. The van der Waals surface area contributed by atoms with Crippen molar-refractivity contribution in [2.45, 2.75) is 31.5 Å². The Morgan fingerprint density at radius 1 is 1.65 bits per heavy atom. The monoisotopic (exact) mass is 278 g/mol. The van der Waals surface area contributed by atoms with Crippen molar-refractivity contribution in [3.63, 3.8) is 0 Å². The summed E-state index contributed by atoms with van der Waals surface area (Å²) in [5, 5.41) is 8.63. The molecular formula is C8H14ClF3N2O3. The normalized spacial score (nSPS) is 25.9. The average Bonchev–Trinajstić information content (AvgIpc) is 2.19. The third-order valence-electron chi connectivity index (χ3n) is 2.49. The van der Waals surface area contributed by atoms with E-state index in [-0.39, 0.29) is 19.0 Å². The van der Waals surface area contributed by atoms with E-state index < -0.39 is 37.1 Å². The second-order valence-electron chi connectivity index (χ2n) is 3.62. The van der Waals surface area contributed by atoms with Gasteiger partial charge in [0.1, 0.15) is 12.1 Å². The van der Waals surface area contributed by atoms with Gasteiger partial charge in [0.25, 0.3) is 0 Å². The minimum Gasteiger partial charge on any atom is -0.394 e. The van der Waals surface area contributed by atoms with Gasteiger partial charge in [0, 0.05) is 6.54 Å². The number of ether oxygens (including phenoxy) is 1. The Hall–Kier alpha value is -0.570. The van der Waals surface area contributed by atoms with E-state index in [1.165, 1.54) is 6.92 Å². The first-order valence-corrected chi connectivity index (χ1v) is 4.67. The summed E-state index contributed by atoms with van der Waals surface area (Å²) in [7, 11) is 0. The number of hydrogen-bond acceptors (Lipinski definition) is 4. The van der Waals surface area contributed by atoms with Crippen molar-refractivity contribution in [1.29, 1.82) is 0 Å². The fraction of sp³-hybridized carbons (Fsp3) is 0.875. The van der Waals surface area contributed by atoms with Crippen LogP contribution in [0.2, 0.25) is 0 Å². The minimum atomic E-state index is -4.70. The molecule has 0 aromatic carbocycles. The quantitative estimate of drug-likeness (QED) is 0.754. The van der Waals surface area contributed by atoms with Crippen LogP contribution in [0.3, 0.4) is 0 Å². The lowest BCUT2D eigenvalue weighted by Crippen LogP contribution is -2.65. The molecule has 0 unspecified atom stereocenters. The van der Waals surface area contributed by atoms with Gasteiger partial charge in [-0.05, 0) is 6.92 Å². The highest BCUT2D eigenvalue weighted by molar-refractivity contribution is 5.85. The van der Waals surface area contributed by atoms with Crippen molar-refractivity contribution in [2.75, 3.05) is 13.2 Å². The first-order chi connectivity index (χ1) is 7.26. The molecular weight excluding hydrogens is 265 g/mol. The molecule has 1 aliphatic heterocycles. The van der Waals surface area contributed by atoms with E-state index in [9.17, 15) is 18.0 Å². The summed E-state index contributed by atoms with van der Waals surface area (Å²) >= 11 is 0. The summed E-state index contributed by atoms with van der Waals surface area (Å²) in [5.41, 5.74) is 5.26. The highest BCUT2D eigenvalue weighted by Crippen LogP contribution is 2.28. The summed E-state index contributed by atoms with van der Waals surface area (Å²) < 4.78 is 39.4. The van der Waals surface area contributed by atoms with Gasteiger partial charge in [-0.1, -0.05) is 0 Å². The maximum absolute atomic E-state index is 11.9. The number of halogens is 4. The molecule has 0 aliphatic carbocycles. The number of hydrogen-bond donors (Lipinski definition) is 2. The maximum Gasteiger partial charge on any atom is 0.522 e. The highest BCUT2D eigenvalue weighted by atomic mass is 35.5. The van der Waals surface area contributed by atoms with E-state index in [0.29, 0.717) is 0 Å². The molecule has 9 heteroatoms. The van der Waals surface area contributed by atoms with Gasteiger partial charge in [0.05, 0.1) is 12.6 Å². The van der Waals surface area contributed by atoms with Crippen LogP contribution in [0.1, 0.15) is 6.92 Å². The molecule has 102 valence electrons. The fourth-order valence-electron chi connectivity index (χ4n) is 1.46. The van der Waals surface area contributed by atoms with Gasteiger partial charge in [-0.15, -0.1) is 25.6 Å². The maximum atomic E-state index is 11.9. The Labute approximate surface area is 102 Å². The zero-order valence-electron chi connectivity index (χ0n) is 8.98. The summed E-state index contributed by atoms with van der Waals surface area (Å²) in [4.78, 5) is 12.5. The summed E-state index contributed by atoms with van der Waals surface area (Å²) in [6.07, 6.45) is -5.76. The summed E-state index contributed by atoms with van der Waals surface area (Å²) in [6, 6.07) is -1.78. The predicted molar refractivity (Wildman–Crippen MR) is 54.4 cm³/mol. The third-order valence-corrected chi connectivity index (χ3v) is 2.49. The molecule has 1 rings (SSSR count). The van der Waals surface area contributed by atoms with E-state index in [1.807, 2.05) is 0 Å². The number of nitrogens with two attached hydrogens (primary N) is 1. The number of aliphatic hydroxyl groups excluding tert-OH is 1. The standard InChI is InChI=1S/C8H13F3N2O3.ClH/c1-4-6(16-8(9,10)11)2-13(4)7(15)5(12)3-14;/h4-6,14H,2-3,12H2,1H3;1H/t4-,5+,6-;/m0./s1. The molecule has 0 bridgehead atoms. The largest absolute Gasteiger partial charge is 0.522 e. The molecule has 17 heavy (non-hydrogen) atoms. The molecule has 0 aromatic rings. The van der Waals surface area contributed by atoms with E-state index >= 15 is 0 Å². The second kappa shape index (κ2) is 5.85. The first-order valence-electron chi connectivity index (χ1n) is 4.67. The van der Waals surface area contributed by atoms with Crippen LogP contribution in [0.4, 0.5) is 13.2 Å². The summed E-state index contributed by atoms with van der Waals surface area (Å²) in [6.45, 7) is 0.738. The van der Waals surface area contributed by atoms with Gasteiger partial charge in [0.15, 0.2) is 0 Å². The molecule has 3 atom stereocenters. The van der Waals surface area contributed by atoms with Gasteiger partial charge < -0.3 is 15.7 Å². The predicted octanol–water partition coefficient (Wildman–Crippen LogP) is -0.136. The van der Waals surface area contributed by atoms with Crippen molar-refractivity contribution >= 4 is 18.3 Å². The lowest BCUT2D eigenvalue weighted by molar-refractivity contribution is -0.359. The number of alkyl halides is 3. The van der Waals surface area contributed by atoms with Crippen molar-refractivity contribution in [1.82, 2.24) is 4.90 Å². The number of likely N-dealkylation sites (tertiary alicyclic amines) is 1. The Balaban J connectivity index is 0.00000256. The van der Waals surface area contributed by atoms with Crippen LogP contribution in [0.15, 0.2) is 0 Å². The number of carbonyl (C=O) groups is 1. The van der Waals surface area contributed by atoms with E-state index in [4.69, 9.17) is 10.8 Å². The van der Waals surface area contributed by atoms with Gasteiger partial charge in [-0.25, -0.2) is 0 Å². The van der Waals surface area contributed by atoms with E-state index in [1.54, 1.807) is 0 Å². The van der Waals surface area contributed by atoms with Gasteiger partial charge >= 0.3 is 6.36 Å². The Bertz CT molecular complexity index is 277. The number of rotatable bonds is 3. The van der Waals surface area contributed by atoms with Crippen LogP contribution >= 0.6 is 12.4 Å². The Morgan fingerprint density at radius 2 is 2.18 bits per heavy atom. The Kier molecular flexibility index (Phi) is 5.66. The second-order valence-corrected chi connectivity index (χ2v) is 3.62. The van der Waals surface area contributed by atoms with Gasteiger partial charge in [0.2, 0.25) is 5.91 Å². The lowest BCUT2D eigenvalue weighted by atomic mass is 10.00. The molecule has 3 N–H and O–H groups in total. The van der Waals surface area contributed by atoms with Crippen LogP contribution in [-0.2, 0) is 9.53 Å². The van der Waals surface area contributed by atoms with E-state index in [2.05, 4.69) is 4.74 Å². The van der Waals surface area contributed by atoms with Crippen LogP contribution in [0.5, 0.6) is 0 Å². The average molecular weight is 279 g/mol. The number of amides is 1. The molecule has 0 saturated carbocycles. The zero-order valence-corrected chi connectivity index (χ0v) is 9.79. The molecule has 0 spiro atoms. The van der Waals surface area contributed by atoms with Crippen molar-refractivity contribution in [2.24, 2.45) is 5.73 Å². The zero-order chi connectivity index (χ0) is 12.5. The molecule has 1 saturated heterocycles.